The van der Waals surface area contributed by atoms with E-state index in [4.69, 9.17) is 10.5 Å². The van der Waals surface area contributed by atoms with E-state index in [1.165, 1.54) is 0 Å². The van der Waals surface area contributed by atoms with Gasteiger partial charge < -0.3 is 20.7 Å². The van der Waals surface area contributed by atoms with Crippen molar-refractivity contribution in [3.05, 3.63) is 29.8 Å². The fourth-order valence-corrected chi connectivity index (χ4v) is 2.94. The summed E-state index contributed by atoms with van der Waals surface area (Å²) in [5.74, 6) is 0.809. The van der Waals surface area contributed by atoms with Gasteiger partial charge in [-0.05, 0) is 24.0 Å². The van der Waals surface area contributed by atoms with Crippen molar-refractivity contribution in [3.63, 3.8) is 0 Å². The number of nitrogens with zero attached hydrogens (tertiary/aromatic N) is 1. The maximum absolute atomic E-state index is 12.3. The monoisotopic (exact) mass is 369 g/mol. The first-order chi connectivity index (χ1) is 11.4. The van der Waals surface area contributed by atoms with Crippen LogP contribution in [-0.4, -0.2) is 49.5 Å². The third kappa shape index (κ3) is 5.34. The molecule has 1 aliphatic rings. The minimum atomic E-state index is -0.585. The number of benzene rings is 1. The fraction of sp³-hybridized carbons (Fsp3) is 0.556. The number of methoxy groups -OCH3 is 1. The lowest BCUT2D eigenvalue weighted by Crippen LogP contribution is -2.47. The van der Waals surface area contributed by atoms with Crippen LogP contribution in [0, 0.1) is 5.92 Å². The summed E-state index contributed by atoms with van der Waals surface area (Å²) in [5, 5.41) is 2.64. The maximum Gasteiger partial charge on any atom is 0.241 e. The molecule has 2 atom stereocenters. The van der Waals surface area contributed by atoms with E-state index in [2.05, 4.69) is 5.32 Å². The van der Waals surface area contributed by atoms with Crippen LogP contribution < -0.4 is 15.8 Å². The van der Waals surface area contributed by atoms with Crippen molar-refractivity contribution >= 4 is 24.2 Å². The first kappa shape index (κ1) is 21.3. The third-order valence-electron chi connectivity index (χ3n) is 4.55. The van der Waals surface area contributed by atoms with Gasteiger partial charge in [-0.15, -0.1) is 12.4 Å². The van der Waals surface area contributed by atoms with E-state index in [-0.39, 0.29) is 42.6 Å². The third-order valence-corrected chi connectivity index (χ3v) is 4.55. The largest absolute Gasteiger partial charge is 0.496 e. The van der Waals surface area contributed by atoms with Crippen LogP contribution in [0.2, 0.25) is 0 Å². The SMILES string of the molecule is COc1ccccc1C1CCN(C(=O)CNC(=O)[C@@H](N)C(C)C)C1.Cl. The van der Waals surface area contributed by atoms with Gasteiger partial charge in [0.05, 0.1) is 19.7 Å². The van der Waals surface area contributed by atoms with Crippen LogP contribution in [-0.2, 0) is 9.59 Å². The van der Waals surface area contributed by atoms with Crippen LogP contribution in [0.3, 0.4) is 0 Å². The molecule has 0 aliphatic carbocycles. The van der Waals surface area contributed by atoms with Gasteiger partial charge in [0.1, 0.15) is 5.75 Å². The van der Waals surface area contributed by atoms with Crippen LogP contribution in [0.1, 0.15) is 31.7 Å². The van der Waals surface area contributed by atoms with Crippen molar-refractivity contribution in [2.45, 2.75) is 32.2 Å². The summed E-state index contributed by atoms with van der Waals surface area (Å²) < 4.78 is 5.41. The molecule has 0 saturated carbocycles. The molecule has 1 saturated heterocycles. The summed E-state index contributed by atoms with van der Waals surface area (Å²) in [6.45, 7) is 5.09. The molecule has 0 bridgehead atoms. The van der Waals surface area contributed by atoms with Crippen LogP contribution in [0.4, 0.5) is 0 Å². The van der Waals surface area contributed by atoms with E-state index < -0.39 is 6.04 Å². The van der Waals surface area contributed by atoms with Crippen molar-refractivity contribution in [1.82, 2.24) is 10.2 Å². The topological polar surface area (TPSA) is 84.7 Å². The molecule has 0 spiro atoms. The van der Waals surface area contributed by atoms with Crippen molar-refractivity contribution in [2.75, 3.05) is 26.7 Å². The number of carbonyl (C=O) groups is 2. The Morgan fingerprint density at radius 2 is 2.04 bits per heavy atom. The molecular formula is C18H28ClN3O3. The second-order valence-corrected chi connectivity index (χ2v) is 6.55. The van der Waals surface area contributed by atoms with E-state index in [0.717, 1.165) is 17.7 Å². The predicted molar refractivity (Wildman–Crippen MR) is 100 cm³/mol. The highest BCUT2D eigenvalue weighted by atomic mass is 35.5. The van der Waals surface area contributed by atoms with Crippen LogP contribution in [0.5, 0.6) is 5.75 Å². The Morgan fingerprint density at radius 3 is 2.68 bits per heavy atom. The normalized spacial score (nSPS) is 17.8. The van der Waals surface area contributed by atoms with Gasteiger partial charge >= 0.3 is 0 Å². The van der Waals surface area contributed by atoms with Gasteiger partial charge in [0.15, 0.2) is 0 Å². The number of halogens is 1. The summed E-state index contributed by atoms with van der Waals surface area (Å²) in [6.07, 6.45) is 0.894. The molecule has 1 heterocycles. The van der Waals surface area contributed by atoms with Crippen molar-refractivity contribution in [1.29, 1.82) is 0 Å². The van der Waals surface area contributed by atoms with Crippen LogP contribution >= 0.6 is 12.4 Å². The minimum Gasteiger partial charge on any atom is -0.496 e. The van der Waals surface area contributed by atoms with Gasteiger partial charge in [-0.2, -0.15) is 0 Å². The Bertz CT molecular complexity index is 595. The molecule has 3 N–H and O–H groups in total. The van der Waals surface area contributed by atoms with Gasteiger partial charge in [0.2, 0.25) is 11.8 Å². The maximum atomic E-state index is 12.3. The molecule has 1 unspecified atom stereocenters. The van der Waals surface area contributed by atoms with Gasteiger partial charge in [-0.3, -0.25) is 9.59 Å². The Morgan fingerprint density at radius 1 is 1.36 bits per heavy atom. The minimum absolute atomic E-state index is 0. The molecule has 0 radical (unpaired) electrons. The van der Waals surface area contributed by atoms with Gasteiger partial charge in [-0.25, -0.2) is 0 Å². The summed E-state index contributed by atoms with van der Waals surface area (Å²) in [4.78, 5) is 26.0. The lowest BCUT2D eigenvalue weighted by molar-refractivity contribution is -0.132. The molecule has 1 aromatic rings. The first-order valence-electron chi connectivity index (χ1n) is 8.38. The summed E-state index contributed by atoms with van der Waals surface area (Å²) >= 11 is 0. The number of nitrogens with two attached hydrogens (primary N) is 1. The fourth-order valence-electron chi connectivity index (χ4n) is 2.94. The van der Waals surface area contributed by atoms with Gasteiger partial charge in [0.25, 0.3) is 0 Å². The van der Waals surface area contributed by atoms with Crippen LogP contribution in [0.15, 0.2) is 24.3 Å². The molecule has 25 heavy (non-hydrogen) atoms. The van der Waals surface area contributed by atoms with E-state index in [9.17, 15) is 9.59 Å². The average Bonchev–Trinajstić information content (AvgIpc) is 3.08. The number of amides is 2. The highest BCUT2D eigenvalue weighted by molar-refractivity contribution is 5.87. The number of likely N-dealkylation sites (tertiary alicyclic amines) is 1. The summed E-state index contributed by atoms with van der Waals surface area (Å²) in [7, 11) is 1.66. The number of carbonyl (C=O) groups excluding carboxylic acids is 2. The average molecular weight is 370 g/mol. The number of para-hydroxylation sites is 1. The van der Waals surface area contributed by atoms with E-state index >= 15 is 0 Å². The lowest BCUT2D eigenvalue weighted by Gasteiger charge is -2.19. The number of rotatable bonds is 6. The summed E-state index contributed by atoms with van der Waals surface area (Å²) in [5.41, 5.74) is 6.90. The van der Waals surface area contributed by atoms with Crippen molar-refractivity contribution < 1.29 is 14.3 Å². The molecule has 2 rings (SSSR count). The molecule has 1 aromatic carbocycles. The number of nitrogens with one attached hydrogen (secondary N) is 1. The predicted octanol–water partition coefficient (Wildman–Crippen LogP) is 1.53. The number of hydrogen-bond acceptors (Lipinski definition) is 4. The molecular weight excluding hydrogens is 342 g/mol. The molecule has 6 nitrogen and oxygen atoms in total. The van der Waals surface area contributed by atoms with Crippen molar-refractivity contribution in [2.24, 2.45) is 11.7 Å². The zero-order chi connectivity index (χ0) is 17.7. The number of ether oxygens (including phenoxy) is 1. The standard InChI is InChI=1S/C18H27N3O3.ClH/c1-12(2)17(19)18(23)20-10-16(22)21-9-8-13(11-21)14-6-4-5-7-15(14)24-3;/h4-7,12-13,17H,8-11,19H2,1-3H3,(H,20,23);1H/t13?,17-;/m0./s1. The first-order valence-corrected chi connectivity index (χ1v) is 8.38. The van der Waals surface area contributed by atoms with Crippen molar-refractivity contribution in [3.8, 4) is 5.75 Å². The molecule has 1 fully saturated rings. The van der Waals surface area contributed by atoms with E-state index in [0.29, 0.717) is 13.1 Å². The Hall–Kier alpha value is -1.79. The Kier molecular flexibility index (Phi) is 8.19. The van der Waals surface area contributed by atoms with E-state index in [1.54, 1.807) is 12.0 Å². The molecule has 140 valence electrons. The molecule has 1 aliphatic heterocycles. The zero-order valence-corrected chi connectivity index (χ0v) is 15.8. The quantitative estimate of drug-likeness (QED) is 0.796. The Labute approximate surface area is 155 Å². The second kappa shape index (κ2) is 9.63. The molecule has 0 aromatic heterocycles. The smallest absolute Gasteiger partial charge is 0.241 e. The summed E-state index contributed by atoms with van der Waals surface area (Å²) in [6, 6.07) is 7.32. The zero-order valence-electron chi connectivity index (χ0n) is 15.0. The lowest BCUT2D eigenvalue weighted by atomic mass is 9.97. The van der Waals surface area contributed by atoms with E-state index in [1.807, 2.05) is 38.1 Å². The Balaban J connectivity index is 0.00000312. The van der Waals surface area contributed by atoms with Gasteiger partial charge in [-0.1, -0.05) is 32.0 Å². The highest BCUT2D eigenvalue weighted by Crippen LogP contribution is 2.33. The second-order valence-electron chi connectivity index (χ2n) is 6.55. The molecule has 7 heteroatoms. The van der Waals surface area contributed by atoms with Gasteiger partial charge in [0, 0.05) is 19.0 Å². The molecule has 2 amide bonds. The van der Waals surface area contributed by atoms with Crippen LogP contribution in [0.25, 0.3) is 0 Å². The highest BCUT2D eigenvalue weighted by Gasteiger charge is 2.29. The number of hydrogen-bond donors (Lipinski definition) is 2.